The van der Waals surface area contributed by atoms with E-state index in [-0.39, 0.29) is 11.3 Å². The van der Waals surface area contributed by atoms with Crippen LogP contribution in [0.5, 0.6) is 5.75 Å². The third kappa shape index (κ3) is 3.36. The predicted molar refractivity (Wildman–Crippen MR) is 94.7 cm³/mol. The zero-order valence-corrected chi connectivity index (χ0v) is 13.6. The number of nitrogens with one attached hydrogen (secondary N) is 1. The summed E-state index contributed by atoms with van der Waals surface area (Å²) in [7, 11) is 0. The summed E-state index contributed by atoms with van der Waals surface area (Å²) in [6.07, 6.45) is 1.42. The Hall–Kier alpha value is -2.92. The molecule has 24 heavy (non-hydrogen) atoms. The molecule has 0 unspecified atom stereocenters. The number of carbonyl (C=O) groups is 1. The number of hydrogen-bond acceptors (Lipinski definition) is 4. The number of amides is 1. The van der Waals surface area contributed by atoms with Crippen molar-refractivity contribution in [2.75, 3.05) is 0 Å². The lowest BCUT2D eigenvalue weighted by molar-refractivity contribution is 0.0952. The van der Waals surface area contributed by atoms with Gasteiger partial charge in [-0.05, 0) is 36.8 Å². The monoisotopic (exact) mass is 339 g/mol. The van der Waals surface area contributed by atoms with Crippen LogP contribution in [0.3, 0.4) is 0 Å². The van der Waals surface area contributed by atoms with Crippen molar-refractivity contribution in [2.45, 2.75) is 6.92 Å². The van der Waals surface area contributed by atoms with Crippen LogP contribution < -0.4 is 5.43 Å². The Morgan fingerprint density at radius 3 is 2.83 bits per heavy atom. The minimum Gasteiger partial charge on any atom is -0.507 e. The molecular formula is C18H14ClN3O2. The number of phenolic OH excluding ortho intramolecular Hbond substituents is 1. The molecule has 3 rings (SSSR count). The molecule has 0 aliphatic rings. The summed E-state index contributed by atoms with van der Waals surface area (Å²) in [6, 6.07) is 14.0. The van der Waals surface area contributed by atoms with Crippen LogP contribution in [0.25, 0.3) is 10.9 Å². The fourth-order valence-electron chi connectivity index (χ4n) is 2.25. The van der Waals surface area contributed by atoms with Crippen LogP contribution in [-0.2, 0) is 0 Å². The van der Waals surface area contributed by atoms with Gasteiger partial charge in [-0.1, -0.05) is 35.9 Å². The number of benzene rings is 2. The number of aryl methyl sites for hydroxylation is 1. The molecule has 0 bridgehead atoms. The Balaban J connectivity index is 1.80. The summed E-state index contributed by atoms with van der Waals surface area (Å²) >= 11 is 6.16. The maximum absolute atomic E-state index is 12.0. The minimum absolute atomic E-state index is 0.106. The van der Waals surface area contributed by atoms with Gasteiger partial charge < -0.3 is 5.11 Å². The Morgan fingerprint density at radius 2 is 2.04 bits per heavy atom. The predicted octanol–water partition coefficient (Wildman–Crippen LogP) is 3.67. The molecule has 1 aromatic heterocycles. The molecule has 1 amide bonds. The molecule has 2 N–H and O–H groups in total. The van der Waals surface area contributed by atoms with Gasteiger partial charge in [-0.3, -0.25) is 4.79 Å². The van der Waals surface area contributed by atoms with Gasteiger partial charge in [0.05, 0.1) is 17.3 Å². The summed E-state index contributed by atoms with van der Waals surface area (Å²) in [5.74, 6) is -0.615. The van der Waals surface area contributed by atoms with E-state index in [9.17, 15) is 9.90 Å². The van der Waals surface area contributed by atoms with E-state index in [1.807, 2.05) is 31.2 Å². The quantitative estimate of drug-likeness (QED) is 0.434. The maximum Gasteiger partial charge on any atom is 0.275 e. The van der Waals surface area contributed by atoms with Crippen molar-refractivity contribution in [3.8, 4) is 5.75 Å². The highest BCUT2D eigenvalue weighted by molar-refractivity contribution is 6.32. The van der Waals surface area contributed by atoms with Gasteiger partial charge in [0.15, 0.2) is 0 Å². The van der Waals surface area contributed by atoms with Crippen molar-refractivity contribution in [1.29, 1.82) is 0 Å². The molecule has 0 saturated carbocycles. The normalized spacial score (nSPS) is 11.1. The highest BCUT2D eigenvalue weighted by Crippen LogP contribution is 2.20. The van der Waals surface area contributed by atoms with Gasteiger partial charge in [-0.25, -0.2) is 10.4 Å². The Morgan fingerprint density at radius 1 is 1.25 bits per heavy atom. The van der Waals surface area contributed by atoms with Crippen LogP contribution in [0.1, 0.15) is 21.5 Å². The molecule has 120 valence electrons. The van der Waals surface area contributed by atoms with E-state index in [4.69, 9.17) is 11.6 Å². The SMILES string of the molecule is Cc1ccc2cc(/C=N/NC(=O)c3ccccc3O)c(Cl)nc2c1. The van der Waals surface area contributed by atoms with Crippen molar-refractivity contribution in [2.24, 2.45) is 5.10 Å². The number of aromatic hydroxyl groups is 1. The molecule has 2 aromatic carbocycles. The second-order valence-electron chi connectivity index (χ2n) is 5.28. The van der Waals surface area contributed by atoms with Gasteiger partial charge >= 0.3 is 0 Å². The fourth-order valence-corrected chi connectivity index (χ4v) is 2.44. The summed E-state index contributed by atoms with van der Waals surface area (Å²) in [4.78, 5) is 16.3. The third-order valence-corrected chi connectivity index (χ3v) is 3.77. The number of aromatic nitrogens is 1. The summed E-state index contributed by atoms with van der Waals surface area (Å²) < 4.78 is 0. The second-order valence-corrected chi connectivity index (χ2v) is 5.64. The van der Waals surface area contributed by atoms with Crippen LogP contribution in [0.15, 0.2) is 53.6 Å². The molecule has 3 aromatic rings. The van der Waals surface area contributed by atoms with Crippen molar-refractivity contribution < 1.29 is 9.90 Å². The first-order valence-corrected chi connectivity index (χ1v) is 7.61. The Kier molecular flexibility index (Phi) is 4.44. The van der Waals surface area contributed by atoms with E-state index in [1.54, 1.807) is 12.1 Å². The van der Waals surface area contributed by atoms with Gasteiger partial charge in [-0.2, -0.15) is 5.10 Å². The Labute approximate surface area is 143 Å². The first-order valence-electron chi connectivity index (χ1n) is 7.23. The van der Waals surface area contributed by atoms with Gasteiger partial charge in [0.1, 0.15) is 10.9 Å². The maximum atomic E-state index is 12.0. The average molecular weight is 340 g/mol. The third-order valence-electron chi connectivity index (χ3n) is 3.47. The lowest BCUT2D eigenvalue weighted by Crippen LogP contribution is -2.17. The van der Waals surface area contributed by atoms with Crippen LogP contribution in [0.2, 0.25) is 5.15 Å². The van der Waals surface area contributed by atoms with E-state index in [0.717, 1.165) is 16.5 Å². The molecule has 0 saturated heterocycles. The van der Waals surface area contributed by atoms with Crippen LogP contribution in [0, 0.1) is 6.92 Å². The van der Waals surface area contributed by atoms with Crippen LogP contribution in [0.4, 0.5) is 0 Å². The van der Waals surface area contributed by atoms with E-state index in [0.29, 0.717) is 10.7 Å². The first-order chi connectivity index (χ1) is 11.5. The number of nitrogens with zero attached hydrogens (tertiary/aromatic N) is 2. The van der Waals surface area contributed by atoms with Gasteiger partial charge in [0.25, 0.3) is 5.91 Å². The number of hydrogen-bond donors (Lipinski definition) is 2. The van der Waals surface area contributed by atoms with Crippen molar-refractivity contribution in [1.82, 2.24) is 10.4 Å². The van der Waals surface area contributed by atoms with Gasteiger partial charge in [-0.15, -0.1) is 0 Å². The standard InChI is InChI=1S/C18H14ClN3O2/c1-11-6-7-12-9-13(17(19)21-15(12)8-11)10-20-22-18(24)14-4-2-3-5-16(14)23/h2-10,23H,1H3,(H,22,24)/b20-10+. The largest absolute Gasteiger partial charge is 0.507 e. The number of phenols is 1. The van der Waals surface area contributed by atoms with Crippen LogP contribution in [-0.4, -0.2) is 22.2 Å². The molecule has 0 fully saturated rings. The molecule has 0 spiro atoms. The highest BCUT2D eigenvalue weighted by Gasteiger charge is 2.09. The molecule has 0 aliphatic carbocycles. The molecule has 0 aliphatic heterocycles. The van der Waals surface area contributed by atoms with Crippen molar-refractivity contribution in [3.05, 3.63) is 70.4 Å². The average Bonchev–Trinajstić information content (AvgIpc) is 2.55. The van der Waals surface area contributed by atoms with E-state index in [2.05, 4.69) is 15.5 Å². The fraction of sp³-hybridized carbons (Fsp3) is 0.0556. The number of hydrazone groups is 1. The number of rotatable bonds is 3. The van der Waals surface area contributed by atoms with E-state index in [1.165, 1.54) is 18.3 Å². The summed E-state index contributed by atoms with van der Waals surface area (Å²) in [6.45, 7) is 1.99. The molecule has 0 radical (unpaired) electrons. The second kappa shape index (κ2) is 6.68. The summed E-state index contributed by atoms with van der Waals surface area (Å²) in [5.41, 5.74) is 4.99. The smallest absolute Gasteiger partial charge is 0.275 e. The molecule has 1 heterocycles. The lowest BCUT2D eigenvalue weighted by Gasteiger charge is -2.04. The molecule has 0 atom stereocenters. The van der Waals surface area contributed by atoms with Gasteiger partial charge in [0.2, 0.25) is 0 Å². The zero-order chi connectivity index (χ0) is 17.1. The molecule has 6 heteroatoms. The molecular weight excluding hydrogens is 326 g/mol. The topological polar surface area (TPSA) is 74.6 Å². The summed E-state index contributed by atoms with van der Waals surface area (Å²) in [5, 5.41) is 14.8. The molecule has 5 nitrogen and oxygen atoms in total. The Bertz CT molecular complexity index is 954. The zero-order valence-electron chi connectivity index (χ0n) is 12.8. The number of carbonyl (C=O) groups excluding carboxylic acids is 1. The minimum atomic E-state index is -0.509. The van der Waals surface area contributed by atoms with Crippen LogP contribution >= 0.6 is 11.6 Å². The van der Waals surface area contributed by atoms with Gasteiger partial charge in [0, 0.05) is 10.9 Å². The van der Waals surface area contributed by atoms with E-state index >= 15 is 0 Å². The van der Waals surface area contributed by atoms with E-state index < -0.39 is 5.91 Å². The first kappa shape index (κ1) is 16.0. The number of para-hydroxylation sites is 1. The highest BCUT2D eigenvalue weighted by atomic mass is 35.5. The number of pyridine rings is 1. The number of fused-ring (bicyclic) bond motifs is 1. The van der Waals surface area contributed by atoms with Crippen molar-refractivity contribution >= 4 is 34.6 Å². The lowest BCUT2D eigenvalue weighted by atomic mass is 10.1. The van der Waals surface area contributed by atoms with Crippen molar-refractivity contribution in [3.63, 3.8) is 0 Å². The number of halogens is 1.